The average Bonchev–Trinajstić information content (AvgIpc) is 4.07. The third-order valence-electron chi connectivity index (χ3n) is 10.9. The molecule has 0 radical (unpaired) electrons. The van der Waals surface area contributed by atoms with E-state index in [-0.39, 0.29) is 41.9 Å². The predicted octanol–water partition coefficient (Wildman–Crippen LogP) is 12.2. The molecule has 2 amide bonds. The number of fused-ring (bicyclic) bond motifs is 1. The van der Waals surface area contributed by atoms with Crippen molar-refractivity contribution >= 4 is 77.7 Å². The maximum absolute atomic E-state index is 12.9. The lowest BCUT2D eigenvalue weighted by Gasteiger charge is -2.32. The average molecular weight is 1130 g/mol. The normalized spacial score (nSPS) is 15.1. The SMILES string of the molecule is COc1c(Br)cc(-c2csc(C3CCN(C(=O)Cn4cnc5cccnc54)CC3)n2)cc1OC(F)(F)F.COc1c(Br)cc(-c2csc(C3CCN(C(=O)OC(C)(C)C)CC3)n2)cc1OC(F)(F)F. The maximum atomic E-state index is 12.9. The van der Waals surface area contributed by atoms with Crippen molar-refractivity contribution in [3.8, 4) is 45.5 Å². The second-order valence-electron chi connectivity index (χ2n) is 16.8. The highest BCUT2D eigenvalue weighted by molar-refractivity contribution is 9.11. The van der Waals surface area contributed by atoms with Crippen LogP contribution < -0.4 is 18.9 Å². The number of hydrogen-bond donors (Lipinski definition) is 0. The minimum atomic E-state index is -4.86. The fourth-order valence-electron chi connectivity index (χ4n) is 7.71. The smallest absolute Gasteiger partial charge is 0.492 e. The van der Waals surface area contributed by atoms with E-state index in [1.54, 1.807) is 45.6 Å². The summed E-state index contributed by atoms with van der Waals surface area (Å²) in [6.07, 6.45) is -3.76. The highest BCUT2D eigenvalue weighted by atomic mass is 79.9. The molecule has 4 aromatic heterocycles. The molecule has 6 aromatic rings. The molecule has 0 aliphatic carbocycles. The summed E-state index contributed by atoms with van der Waals surface area (Å²) in [5.41, 5.74) is 2.93. The van der Waals surface area contributed by atoms with Crippen LogP contribution in [-0.4, -0.2) is 105 Å². The topological polar surface area (TPSA) is 143 Å². The molecule has 69 heavy (non-hydrogen) atoms. The van der Waals surface area contributed by atoms with E-state index in [9.17, 15) is 35.9 Å². The van der Waals surface area contributed by atoms with Gasteiger partial charge in [-0.25, -0.2) is 24.7 Å². The molecule has 8 rings (SSSR count). The quantitative estimate of drug-likeness (QED) is 0.121. The van der Waals surface area contributed by atoms with Gasteiger partial charge in [0.2, 0.25) is 5.91 Å². The molecule has 24 heteroatoms. The lowest BCUT2D eigenvalue weighted by Crippen LogP contribution is -2.41. The van der Waals surface area contributed by atoms with E-state index >= 15 is 0 Å². The van der Waals surface area contributed by atoms with Gasteiger partial charge in [0, 0.05) is 66.1 Å². The van der Waals surface area contributed by atoms with Crippen LogP contribution >= 0.6 is 54.5 Å². The summed E-state index contributed by atoms with van der Waals surface area (Å²) >= 11 is 9.40. The molecule has 6 heterocycles. The third-order valence-corrected chi connectivity index (χ3v) is 14.1. The van der Waals surface area contributed by atoms with E-state index in [2.05, 4.69) is 56.3 Å². The number of carbonyl (C=O) groups is 2. The van der Waals surface area contributed by atoms with Crippen molar-refractivity contribution < 1.29 is 59.6 Å². The lowest BCUT2D eigenvalue weighted by molar-refractivity contribution is -0.276. The van der Waals surface area contributed by atoms with E-state index in [0.717, 1.165) is 41.2 Å². The number of thiazole rings is 2. The number of methoxy groups -OCH3 is 2. The van der Waals surface area contributed by atoms with E-state index in [1.807, 2.05) is 37.1 Å². The van der Waals surface area contributed by atoms with Gasteiger partial charge in [0.25, 0.3) is 0 Å². The summed E-state index contributed by atoms with van der Waals surface area (Å²) in [5, 5.41) is 5.39. The molecule has 0 unspecified atom stereocenters. The molecule has 370 valence electrons. The highest BCUT2D eigenvalue weighted by Crippen LogP contribution is 2.44. The Bertz CT molecular complexity index is 2770. The second-order valence-corrected chi connectivity index (χ2v) is 20.3. The first-order valence-corrected chi connectivity index (χ1v) is 24.6. The first-order chi connectivity index (χ1) is 32.6. The Kier molecular flexibility index (Phi) is 16.0. The molecule has 0 spiro atoms. The van der Waals surface area contributed by atoms with Crippen LogP contribution in [0.2, 0.25) is 0 Å². The molecule has 0 saturated carbocycles. The summed E-state index contributed by atoms with van der Waals surface area (Å²) < 4.78 is 103. The second kappa shape index (κ2) is 21.4. The Morgan fingerprint density at radius 2 is 1.20 bits per heavy atom. The number of benzene rings is 2. The van der Waals surface area contributed by atoms with Gasteiger partial charge in [0.1, 0.15) is 17.7 Å². The van der Waals surface area contributed by atoms with E-state index in [4.69, 9.17) is 19.2 Å². The van der Waals surface area contributed by atoms with Gasteiger partial charge < -0.3 is 38.1 Å². The molecule has 2 fully saturated rings. The number of carbonyl (C=O) groups excluding carboxylic acids is 2. The molecule has 0 N–H and O–H groups in total. The molecular weight excluding hydrogens is 1090 g/mol. The summed E-state index contributed by atoms with van der Waals surface area (Å²) in [6.45, 7) is 7.98. The Morgan fingerprint density at radius 3 is 1.65 bits per heavy atom. The Labute approximate surface area is 417 Å². The molecule has 0 bridgehead atoms. The standard InChI is InChI=1S/C24H21BrF3N5O3S.C21H24BrF3N2O4S/c1-35-21-16(25)9-15(10-19(21)36-24(26,27)28)18-12-37-23(31-18)14-4-7-32(8-5-14)20(34)11-33-13-30-17-3-2-6-29-22(17)33;1-20(2,3)31-19(28)27-7-5-12(6-8-27)18-26-15(11-32-18)13-9-14(22)17(29-4)16(10-13)30-21(23,24)25/h2-3,6,9-10,12-14H,4-5,7-8,11H2,1H3;9-12H,5-8H2,1-4H3. The first kappa shape index (κ1) is 51.6. The molecular formula is C45H45Br2F6N7O7S2. The number of ether oxygens (including phenoxy) is 5. The predicted molar refractivity (Wildman–Crippen MR) is 253 cm³/mol. The van der Waals surface area contributed by atoms with Crippen molar-refractivity contribution in [3.63, 3.8) is 0 Å². The molecule has 2 aliphatic heterocycles. The Morgan fingerprint density at radius 1 is 0.725 bits per heavy atom. The number of alkyl halides is 6. The van der Waals surface area contributed by atoms with E-state index < -0.39 is 29.8 Å². The van der Waals surface area contributed by atoms with Crippen LogP contribution in [-0.2, 0) is 16.1 Å². The third kappa shape index (κ3) is 13.4. The van der Waals surface area contributed by atoms with Crippen LogP contribution in [0.4, 0.5) is 31.1 Å². The minimum Gasteiger partial charge on any atom is -0.492 e. The van der Waals surface area contributed by atoms with Crippen LogP contribution in [0.25, 0.3) is 33.7 Å². The van der Waals surface area contributed by atoms with Crippen LogP contribution in [0.3, 0.4) is 0 Å². The summed E-state index contributed by atoms with van der Waals surface area (Å²) in [5.74, 6) is -0.648. The number of likely N-dealkylation sites (tertiary alicyclic amines) is 2. The molecule has 2 saturated heterocycles. The summed E-state index contributed by atoms with van der Waals surface area (Å²) in [4.78, 5) is 46.6. The van der Waals surface area contributed by atoms with Crippen LogP contribution in [0.1, 0.15) is 68.3 Å². The fourth-order valence-corrected chi connectivity index (χ4v) is 10.9. The van der Waals surface area contributed by atoms with Gasteiger partial charge in [-0.2, -0.15) is 0 Å². The number of imidazole rings is 1. The van der Waals surface area contributed by atoms with E-state index in [0.29, 0.717) is 63.3 Å². The fraction of sp³-hybridized carbons (Fsp3) is 0.422. The van der Waals surface area contributed by atoms with Gasteiger partial charge in [-0.1, -0.05) is 0 Å². The maximum Gasteiger partial charge on any atom is 0.573 e. The summed E-state index contributed by atoms with van der Waals surface area (Å²) in [7, 11) is 2.54. The molecule has 14 nitrogen and oxygen atoms in total. The van der Waals surface area contributed by atoms with Crippen molar-refractivity contribution in [2.75, 3.05) is 40.4 Å². The number of piperidine rings is 2. The van der Waals surface area contributed by atoms with E-state index in [1.165, 1.54) is 49.0 Å². The number of rotatable bonds is 10. The van der Waals surface area contributed by atoms with Crippen LogP contribution in [0.5, 0.6) is 23.0 Å². The number of hydrogen-bond acceptors (Lipinski definition) is 13. The number of nitrogens with zero attached hydrogens (tertiary/aromatic N) is 7. The number of amides is 2. The first-order valence-electron chi connectivity index (χ1n) is 21.3. The molecule has 2 aromatic carbocycles. The number of pyridine rings is 1. The summed E-state index contributed by atoms with van der Waals surface area (Å²) in [6, 6.07) is 9.49. The van der Waals surface area contributed by atoms with Gasteiger partial charge in [-0.15, -0.1) is 49.0 Å². The van der Waals surface area contributed by atoms with Gasteiger partial charge in [0.15, 0.2) is 28.6 Å². The largest absolute Gasteiger partial charge is 0.573 e. The zero-order valence-electron chi connectivity index (χ0n) is 37.6. The molecule has 2 aliphatic rings. The van der Waals surface area contributed by atoms with Gasteiger partial charge in [0.05, 0.1) is 50.9 Å². The highest BCUT2D eigenvalue weighted by Gasteiger charge is 2.35. The zero-order valence-corrected chi connectivity index (χ0v) is 42.4. The minimum absolute atomic E-state index is 0.00325. The van der Waals surface area contributed by atoms with Gasteiger partial charge >= 0.3 is 18.8 Å². The van der Waals surface area contributed by atoms with Crippen LogP contribution in [0.15, 0.2) is 68.6 Å². The van der Waals surface area contributed by atoms with Gasteiger partial charge in [-0.05, 0) is 115 Å². The number of aromatic nitrogens is 5. The van der Waals surface area contributed by atoms with Crippen LogP contribution in [0, 0.1) is 0 Å². The van der Waals surface area contributed by atoms with Crippen molar-refractivity contribution in [1.29, 1.82) is 0 Å². The monoisotopic (exact) mass is 1130 g/mol. The van der Waals surface area contributed by atoms with Crippen molar-refractivity contribution in [2.45, 2.75) is 83.2 Å². The zero-order chi connectivity index (χ0) is 49.8. The van der Waals surface area contributed by atoms with Gasteiger partial charge in [-0.3, -0.25) is 4.79 Å². The Balaban J connectivity index is 0.000000206. The van der Waals surface area contributed by atoms with Crippen molar-refractivity contribution in [3.05, 3.63) is 78.6 Å². The Hall–Kier alpha value is -5.20. The lowest BCUT2D eigenvalue weighted by atomic mass is 9.97. The molecule has 0 atom stereocenters. The van der Waals surface area contributed by atoms with Crippen molar-refractivity contribution in [2.24, 2.45) is 0 Å². The number of halogens is 8. The van der Waals surface area contributed by atoms with Crippen molar-refractivity contribution in [1.82, 2.24) is 34.3 Å².